The van der Waals surface area contributed by atoms with Gasteiger partial charge in [0.1, 0.15) is 18.1 Å². The molecule has 0 aliphatic carbocycles. The minimum atomic E-state index is -0.721. The molecule has 0 bridgehead atoms. The van der Waals surface area contributed by atoms with Crippen molar-refractivity contribution >= 4 is 5.91 Å². The minimum Gasteiger partial charge on any atom is -0.497 e. The van der Waals surface area contributed by atoms with Gasteiger partial charge in [0.05, 0.1) is 13.7 Å². The lowest BCUT2D eigenvalue weighted by atomic mass is 10.1. The van der Waals surface area contributed by atoms with Crippen molar-refractivity contribution in [3.63, 3.8) is 0 Å². The van der Waals surface area contributed by atoms with E-state index in [0.717, 1.165) is 11.3 Å². The highest BCUT2D eigenvalue weighted by atomic mass is 16.5. The Bertz CT molecular complexity index is 610. The molecule has 22 heavy (non-hydrogen) atoms. The zero-order valence-corrected chi connectivity index (χ0v) is 12.3. The van der Waals surface area contributed by atoms with Gasteiger partial charge in [-0.2, -0.15) is 0 Å². The van der Waals surface area contributed by atoms with Gasteiger partial charge in [0, 0.05) is 6.54 Å². The number of oxazole rings is 1. The van der Waals surface area contributed by atoms with Crippen molar-refractivity contribution in [1.29, 1.82) is 0 Å². The van der Waals surface area contributed by atoms with E-state index in [0.29, 0.717) is 13.0 Å². The van der Waals surface area contributed by atoms with Crippen molar-refractivity contribution in [2.45, 2.75) is 12.5 Å². The van der Waals surface area contributed by atoms with Gasteiger partial charge in [-0.25, -0.2) is 4.98 Å². The van der Waals surface area contributed by atoms with Crippen LogP contribution in [-0.2, 0) is 6.42 Å². The Morgan fingerprint density at radius 3 is 2.82 bits per heavy atom. The smallest absolute Gasteiger partial charge is 0.273 e. The molecule has 1 amide bonds. The van der Waals surface area contributed by atoms with Crippen LogP contribution in [0.1, 0.15) is 28.0 Å². The van der Waals surface area contributed by atoms with Gasteiger partial charge in [-0.3, -0.25) is 4.79 Å². The fraction of sp³-hybridized carbons (Fsp3) is 0.333. The van der Waals surface area contributed by atoms with E-state index in [1.807, 2.05) is 24.3 Å². The zero-order valence-electron chi connectivity index (χ0n) is 12.3. The topological polar surface area (TPSA) is 111 Å². The molecule has 0 saturated carbocycles. The van der Waals surface area contributed by atoms with E-state index < -0.39 is 6.04 Å². The zero-order chi connectivity index (χ0) is 15.9. The normalized spacial score (nSPS) is 12.0. The Balaban J connectivity index is 1.83. The number of methoxy groups -OCH3 is 1. The summed E-state index contributed by atoms with van der Waals surface area (Å²) >= 11 is 0. The number of benzene rings is 1. The maximum absolute atomic E-state index is 11.9. The van der Waals surface area contributed by atoms with Crippen LogP contribution in [0, 0.1) is 0 Å². The first-order chi connectivity index (χ1) is 10.6. The summed E-state index contributed by atoms with van der Waals surface area (Å²) in [6, 6.07) is 6.91. The van der Waals surface area contributed by atoms with Crippen LogP contribution in [0.5, 0.6) is 5.75 Å². The van der Waals surface area contributed by atoms with Gasteiger partial charge in [0.2, 0.25) is 5.89 Å². The summed E-state index contributed by atoms with van der Waals surface area (Å²) in [6.45, 7) is 0.179. The number of hydrogen-bond acceptors (Lipinski definition) is 6. The maximum Gasteiger partial charge on any atom is 0.273 e. The molecule has 2 rings (SSSR count). The predicted octanol–water partition coefficient (Wildman–Crippen LogP) is 0.648. The molecule has 0 aliphatic rings. The second-order valence-corrected chi connectivity index (χ2v) is 4.71. The van der Waals surface area contributed by atoms with Crippen LogP contribution < -0.4 is 15.8 Å². The van der Waals surface area contributed by atoms with Gasteiger partial charge in [-0.15, -0.1) is 0 Å². The molecular weight excluding hydrogens is 286 g/mol. The molecule has 1 aromatic heterocycles. The summed E-state index contributed by atoms with van der Waals surface area (Å²) in [4.78, 5) is 15.9. The van der Waals surface area contributed by atoms with Crippen molar-refractivity contribution < 1.29 is 19.1 Å². The second kappa shape index (κ2) is 7.58. The summed E-state index contributed by atoms with van der Waals surface area (Å²) in [6.07, 6.45) is 1.92. The van der Waals surface area contributed by atoms with Crippen LogP contribution in [-0.4, -0.2) is 36.3 Å². The lowest BCUT2D eigenvalue weighted by Crippen LogP contribution is -2.26. The number of nitrogens with two attached hydrogens (primary N) is 1. The van der Waals surface area contributed by atoms with E-state index in [4.69, 9.17) is 20.0 Å². The maximum atomic E-state index is 11.9. The molecule has 1 heterocycles. The third kappa shape index (κ3) is 4.06. The third-order valence-electron chi connectivity index (χ3n) is 3.13. The molecule has 0 aliphatic heterocycles. The van der Waals surface area contributed by atoms with Crippen molar-refractivity contribution in [1.82, 2.24) is 10.3 Å². The van der Waals surface area contributed by atoms with Gasteiger partial charge in [0.15, 0.2) is 5.69 Å². The van der Waals surface area contributed by atoms with E-state index >= 15 is 0 Å². The summed E-state index contributed by atoms with van der Waals surface area (Å²) in [5.41, 5.74) is 6.79. The van der Waals surface area contributed by atoms with E-state index in [1.165, 1.54) is 6.26 Å². The fourth-order valence-corrected chi connectivity index (χ4v) is 1.84. The van der Waals surface area contributed by atoms with Crippen molar-refractivity contribution in [3.8, 4) is 5.75 Å². The molecule has 1 unspecified atom stereocenters. The van der Waals surface area contributed by atoms with Gasteiger partial charge in [-0.1, -0.05) is 12.1 Å². The standard InChI is InChI=1S/C15H19N3O4/c1-21-11-4-2-10(3-5-11)6-7-17-14(20)13-9-22-15(18-13)12(16)8-19/h2-5,9,12,19H,6-8,16H2,1H3,(H,17,20). The average Bonchev–Trinajstić information content (AvgIpc) is 3.04. The monoisotopic (exact) mass is 305 g/mol. The molecule has 2 aromatic rings. The number of ether oxygens (including phenoxy) is 1. The largest absolute Gasteiger partial charge is 0.497 e. The predicted molar refractivity (Wildman–Crippen MR) is 79.5 cm³/mol. The van der Waals surface area contributed by atoms with Crippen molar-refractivity contribution in [2.24, 2.45) is 5.73 Å². The van der Waals surface area contributed by atoms with Crippen molar-refractivity contribution in [2.75, 3.05) is 20.3 Å². The van der Waals surface area contributed by atoms with E-state index in [2.05, 4.69) is 10.3 Å². The lowest BCUT2D eigenvalue weighted by Gasteiger charge is -2.05. The summed E-state index contributed by atoms with van der Waals surface area (Å²) in [7, 11) is 1.62. The van der Waals surface area contributed by atoms with E-state index in [1.54, 1.807) is 7.11 Å². The Morgan fingerprint density at radius 1 is 1.45 bits per heavy atom. The highest BCUT2D eigenvalue weighted by molar-refractivity contribution is 5.91. The fourth-order valence-electron chi connectivity index (χ4n) is 1.84. The highest BCUT2D eigenvalue weighted by Gasteiger charge is 2.15. The molecule has 4 N–H and O–H groups in total. The first-order valence-electron chi connectivity index (χ1n) is 6.87. The van der Waals surface area contributed by atoms with Crippen molar-refractivity contribution in [3.05, 3.63) is 47.7 Å². The Kier molecular flexibility index (Phi) is 5.51. The molecule has 118 valence electrons. The number of hydrogen-bond donors (Lipinski definition) is 3. The minimum absolute atomic E-state index is 0.141. The molecular formula is C15H19N3O4. The number of amides is 1. The summed E-state index contributed by atoms with van der Waals surface area (Å²) in [5.74, 6) is 0.597. The highest BCUT2D eigenvalue weighted by Crippen LogP contribution is 2.12. The first-order valence-corrected chi connectivity index (χ1v) is 6.87. The lowest BCUT2D eigenvalue weighted by molar-refractivity contribution is 0.0949. The summed E-state index contributed by atoms with van der Waals surface area (Å²) < 4.78 is 10.1. The average molecular weight is 305 g/mol. The van der Waals surface area contributed by atoms with Crippen LogP contribution >= 0.6 is 0 Å². The molecule has 0 radical (unpaired) electrons. The number of aliphatic hydroxyl groups is 1. The summed E-state index contributed by atoms with van der Waals surface area (Å²) in [5, 5.41) is 11.7. The second-order valence-electron chi connectivity index (χ2n) is 4.71. The van der Waals surface area contributed by atoms with Gasteiger partial charge in [-0.05, 0) is 24.1 Å². The number of aliphatic hydroxyl groups excluding tert-OH is 1. The molecule has 1 aromatic carbocycles. The molecule has 0 fully saturated rings. The Hall–Kier alpha value is -2.38. The number of carbonyl (C=O) groups is 1. The van der Waals surface area contributed by atoms with Gasteiger partial charge < -0.3 is 25.3 Å². The molecule has 1 atom stereocenters. The van der Waals surface area contributed by atoms with Gasteiger partial charge in [0.25, 0.3) is 5.91 Å². The quantitative estimate of drug-likeness (QED) is 0.692. The molecule has 0 saturated heterocycles. The van der Waals surface area contributed by atoms with E-state index in [-0.39, 0.29) is 24.1 Å². The molecule has 0 spiro atoms. The molecule has 7 nitrogen and oxygen atoms in total. The number of rotatable bonds is 7. The van der Waals surface area contributed by atoms with Crippen LogP contribution in [0.4, 0.5) is 0 Å². The Labute approximate surface area is 128 Å². The SMILES string of the molecule is COc1ccc(CCNC(=O)c2coc(C(N)CO)n2)cc1. The first kappa shape index (κ1) is 16.0. The van der Waals surface area contributed by atoms with Gasteiger partial charge >= 0.3 is 0 Å². The number of carbonyl (C=O) groups excluding carboxylic acids is 1. The number of aromatic nitrogens is 1. The van der Waals surface area contributed by atoms with Crippen LogP contribution in [0.15, 0.2) is 34.9 Å². The number of nitrogens with one attached hydrogen (secondary N) is 1. The van der Waals surface area contributed by atoms with Crippen LogP contribution in [0.2, 0.25) is 0 Å². The molecule has 7 heteroatoms. The number of nitrogens with zero attached hydrogens (tertiary/aromatic N) is 1. The third-order valence-corrected chi connectivity index (χ3v) is 3.13. The van der Waals surface area contributed by atoms with Crippen LogP contribution in [0.3, 0.4) is 0 Å². The van der Waals surface area contributed by atoms with Crippen LogP contribution in [0.25, 0.3) is 0 Å². The Morgan fingerprint density at radius 2 is 2.18 bits per heavy atom. The van der Waals surface area contributed by atoms with E-state index in [9.17, 15) is 4.79 Å².